The molecule has 0 aliphatic rings. The van der Waals surface area contributed by atoms with Crippen molar-refractivity contribution in [2.75, 3.05) is 6.61 Å². The van der Waals surface area contributed by atoms with E-state index >= 15 is 0 Å². The van der Waals surface area contributed by atoms with Gasteiger partial charge in [-0.1, -0.05) is 34.1 Å². The van der Waals surface area contributed by atoms with Crippen molar-refractivity contribution in [3.63, 3.8) is 0 Å². The summed E-state index contributed by atoms with van der Waals surface area (Å²) in [5.74, 6) is 0.00633. The number of phenolic OH excluding ortho intramolecular Hbond substituents is 1. The molecule has 5 nitrogen and oxygen atoms in total. The first kappa shape index (κ1) is 16.0. The van der Waals surface area contributed by atoms with Crippen LogP contribution in [-0.2, 0) is 0 Å². The van der Waals surface area contributed by atoms with Crippen LogP contribution in [0.2, 0.25) is 0 Å². The highest BCUT2D eigenvalue weighted by Gasteiger charge is 2.09. The number of carbonyl (C=O) groups is 1. The fourth-order valence-electron chi connectivity index (χ4n) is 1.77. The lowest BCUT2D eigenvalue weighted by atomic mass is 10.2. The summed E-state index contributed by atoms with van der Waals surface area (Å²) in [4.78, 5) is 11.8. The summed E-state index contributed by atoms with van der Waals surface area (Å²) < 4.78 is 6.07. The van der Waals surface area contributed by atoms with E-state index in [-0.39, 0.29) is 11.7 Å². The Kier molecular flexibility index (Phi) is 5.55. The van der Waals surface area contributed by atoms with Crippen LogP contribution >= 0.6 is 15.9 Å². The molecule has 0 saturated heterocycles. The Morgan fingerprint density at radius 1 is 1.36 bits per heavy atom. The Balaban J connectivity index is 2.12. The molecule has 2 aromatic rings. The van der Waals surface area contributed by atoms with Crippen molar-refractivity contribution in [2.24, 2.45) is 5.10 Å². The number of amides is 1. The molecular formula is C16H15BrN2O3. The molecule has 2 aromatic carbocycles. The van der Waals surface area contributed by atoms with Gasteiger partial charge in [0.1, 0.15) is 0 Å². The molecule has 0 fully saturated rings. The van der Waals surface area contributed by atoms with E-state index in [0.29, 0.717) is 23.5 Å². The normalized spacial score (nSPS) is 10.6. The molecule has 0 saturated carbocycles. The second-order valence-electron chi connectivity index (χ2n) is 4.34. The molecule has 2 rings (SSSR count). The average molecular weight is 363 g/mol. The van der Waals surface area contributed by atoms with Crippen LogP contribution in [-0.4, -0.2) is 23.8 Å². The van der Waals surface area contributed by atoms with E-state index in [2.05, 4.69) is 26.5 Å². The summed E-state index contributed by atoms with van der Waals surface area (Å²) in [6.45, 7) is 2.26. The van der Waals surface area contributed by atoms with Crippen LogP contribution in [0.3, 0.4) is 0 Å². The molecule has 0 atom stereocenters. The van der Waals surface area contributed by atoms with Crippen LogP contribution in [0.4, 0.5) is 0 Å². The molecule has 0 bridgehead atoms. The number of rotatable bonds is 5. The number of halogens is 1. The Hall–Kier alpha value is -2.34. The van der Waals surface area contributed by atoms with Gasteiger partial charge in [-0.25, -0.2) is 5.43 Å². The van der Waals surface area contributed by atoms with E-state index < -0.39 is 0 Å². The maximum Gasteiger partial charge on any atom is 0.271 e. The maximum atomic E-state index is 11.8. The summed E-state index contributed by atoms with van der Waals surface area (Å²) in [5.41, 5.74) is 3.35. The third-order valence-corrected chi connectivity index (χ3v) is 3.23. The number of nitrogens with one attached hydrogen (secondary N) is 1. The summed E-state index contributed by atoms with van der Waals surface area (Å²) in [5, 5.41) is 13.9. The van der Waals surface area contributed by atoms with Crippen LogP contribution in [0.15, 0.2) is 52.0 Å². The zero-order valence-corrected chi connectivity index (χ0v) is 13.5. The molecule has 22 heavy (non-hydrogen) atoms. The minimum atomic E-state index is -0.323. The van der Waals surface area contributed by atoms with Crippen LogP contribution in [0.1, 0.15) is 22.8 Å². The molecule has 0 heterocycles. The highest BCUT2D eigenvalue weighted by Crippen LogP contribution is 2.32. The van der Waals surface area contributed by atoms with Crippen LogP contribution < -0.4 is 10.2 Å². The molecule has 6 heteroatoms. The molecule has 0 aliphatic heterocycles. The Morgan fingerprint density at radius 3 is 2.77 bits per heavy atom. The van der Waals surface area contributed by atoms with Gasteiger partial charge >= 0.3 is 0 Å². The molecular weight excluding hydrogens is 348 g/mol. The van der Waals surface area contributed by atoms with Crippen LogP contribution in [0, 0.1) is 0 Å². The van der Waals surface area contributed by atoms with E-state index in [0.717, 1.165) is 4.47 Å². The smallest absolute Gasteiger partial charge is 0.271 e. The quantitative estimate of drug-likeness (QED) is 0.633. The maximum absolute atomic E-state index is 11.8. The largest absolute Gasteiger partial charge is 0.504 e. The highest BCUT2D eigenvalue weighted by molar-refractivity contribution is 9.10. The lowest BCUT2D eigenvalue weighted by Crippen LogP contribution is -2.17. The third kappa shape index (κ3) is 4.08. The summed E-state index contributed by atoms with van der Waals surface area (Å²) >= 11 is 3.33. The number of nitrogens with zero attached hydrogens (tertiary/aromatic N) is 1. The molecule has 0 aromatic heterocycles. The Morgan fingerprint density at radius 2 is 2.09 bits per heavy atom. The fourth-order valence-corrected chi connectivity index (χ4v) is 2.23. The number of aromatic hydroxyl groups is 1. The third-order valence-electron chi connectivity index (χ3n) is 2.77. The second-order valence-corrected chi connectivity index (χ2v) is 5.26. The topological polar surface area (TPSA) is 70.9 Å². The first-order valence-corrected chi connectivity index (χ1v) is 7.45. The van der Waals surface area contributed by atoms with E-state index in [1.807, 2.05) is 13.0 Å². The van der Waals surface area contributed by atoms with Crippen molar-refractivity contribution >= 4 is 28.1 Å². The Labute approximate surface area is 136 Å². The van der Waals surface area contributed by atoms with Crippen molar-refractivity contribution in [2.45, 2.75) is 6.92 Å². The van der Waals surface area contributed by atoms with E-state index in [1.165, 1.54) is 6.21 Å². The van der Waals surface area contributed by atoms with Crippen molar-refractivity contribution in [3.05, 3.63) is 58.1 Å². The minimum absolute atomic E-state index is 0.0252. The predicted octanol–water partition coefficient (Wildman–Crippen LogP) is 3.32. The number of hydrazone groups is 1. The standard InChI is InChI=1S/C16H15BrN2O3/c1-2-22-14-9-13(17)8-12(15(14)20)10-18-19-16(21)11-6-4-3-5-7-11/h3-10,20H,2H2,1H3,(H,19,21)/b18-10-. The van der Waals surface area contributed by atoms with Crippen molar-refractivity contribution in [1.82, 2.24) is 5.43 Å². The first-order chi connectivity index (χ1) is 10.6. The molecule has 114 valence electrons. The summed E-state index contributed by atoms with van der Waals surface area (Å²) in [6.07, 6.45) is 1.36. The number of hydrogen-bond donors (Lipinski definition) is 2. The molecule has 0 spiro atoms. The lowest BCUT2D eigenvalue weighted by molar-refractivity contribution is 0.0955. The number of hydrogen-bond acceptors (Lipinski definition) is 4. The predicted molar refractivity (Wildman–Crippen MR) is 88.5 cm³/mol. The zero-order valence-electron chi connectivity index (χ0n) is 11.9. The Bertz CT molecular complexity index is 687. The SMILES string of the molecule is CCOc1cc(Br)cc(/C=N\NC(=O)c2ccccc2)c1O. The molecule has 1 amide bonds. The van der Waals surface area contributed by atoms with Gasteiger partial charge in [-0.15, -0.1) is 0 Å². The summed E-state index contributed by atoms with van der Waals surface area (Å²) in [7, 11) is 0. The van der Waals surface area contributed by atoms with Gasteiger partial charge in [-0.3, -0.25) is 4.79 Å². The van der Waals surface area contributed by atoms with E-state index in [4.69, 9.17) is 4.74 Å². The van der Waals surface area contributed by atoms with Crippen molar-refractivity contribution in [3.8, 4) is 11.5 Å². The number of ether oxygens (including phenoxy) is 1. The minimum Gasteiger partial charge on any atom is -0.504 e. The number of benzene rings is 2. The number of carbonyl (C=O) groups excluding carboxylic acids is 1. The monoisotopic (exact) mass is 362 g/mol. The van der Waals surface area contributed by atoms with E-state index in [9.17, 15) is 9.90 Å². The second kappa shape index (κ2) is 7.61. The van der Waals surface area contributed by atoms with Crippen molar-refractivity contribution in [1.29, 1.82) is 0 Å². The van der Waals surface area contributed by atoms with Gasteiger partial charge in [0.05, 0.1) is 12.8 Å². The van der Waals surface area contributed by atoms with Crippen molar-refractivity contribution < 1.29 is 14.6 Å². The lowest BCUT2D eigenvalue weighted by Gasteiger charge is -2.08. The van der Waals surface area contributed by atoms with Gasteiger partial charge in [0.15, 0.2) is 11.5 Å². The fraction of sp³-hybridized carbons (Fsp3) is 0.125. The first-order valence-electron chi connectivity index (χ1n) is 6.65. The molecule has 0 unspecified atom stereocenters. The van der Waals surface area contributed by atoms with Gasteiger partial charge in [0, 0.05) is 15.6 Å². The van der Waals surface area contributed by atoms with E-state index in [1.54, 1.807) is 36.4 Å². The van der Waals surface area contributed by atoms with Gasteiger partial charge < -0.3 is 9.84 Å². The summed E-state index contributed by atoms with van der Waals surface area (Å²) in [6, 6.07) is 12.1. The van der Waals surface area contributed by atoms with Gasteiger partial charge in [0.25, 0.3) is 5.91 Å². The molecule has 0 radical (unpaired) electrons. The highest BCUT2D eigenvalue weighted by atomic mass is 79.9. The molecule has 0 aliphatic carbocycles. The van der Waals surface area contributed by atoms with Gasteiger partial charge in [-0.2, -0.15) is 5.10 Å². The molecule has 2 N–H and O–H groups in total. The van der Waals surface area contributed by atoms with Gasteiger partial charge in [0.2, 0.25) is 0 Å². The van der Waals surface area contributed by atoms with Gasteiger partial charge in [-0.05, 0) is 31.2 Å². The zero-order chi connectivity index (χ0) is 15.9. The van der Waals surface area contributed by atoms with Crippen LogP contribution in [0.5, 0.6) is 11.5 Å². The number of phenols is 1. The average Bonchev–Trinajstić information content (AvgIpc) is 2.52. The van der Waals surface area contributed by atoms with Crippen LogP contribution in [0.25, 0.3) is 0 Å².